The van der Waals surface area contributed by atoms with Gasteiger partial charge in [-0.15, -0.1) is 0 Å². The first kappa shape index (κ1) is 19.9. The maximum Gasteiger partial charge on any atom is 0.435 e. The van der Waals surface area contributed by atoms with Crippen LogP contribution in [0, 0.1) is 0 Å². The van der Waals surface area contributed by atoms with Gasteiger partial charge in [0.1, 0.15) is 5.15 Å². The Kier molecular flexibility index (Phi) is 4.96. The van der Waals surface area contributed by atoms with Crippen molar-refractivity contribution in [3.63, 3.8) is 0 Å². The van der Waals surface area contributed by atoms with Gasteiger partial charge in [-0.2, -0.15) is 36.4 Å². The minimum Gasteiger partial charge on any atom is -0.334 e. The number of benzene rings is 1. The minimum atomic E-state index is -4.72. The molecule has 3 aromatic rings. The van der Waals surface area contributed by atoms with E-state index in [1.54, 1.807) is 0 Å². The molecule has 0 fully saturated rings. The predicted molar refractivity (Wildman–Crippen MR) is 86.9 cm³/mol. The molecule has 0 unspecified atom stereocenters. The van der Waals surface area contributed by atoms with Gasteiger partial charge in [0.15, 0.2) is 5.69 Å². The second-order valence-electron chi connectivity index (χ2n) is 5.54. The SMILES string of the molecule is Cn1nc(C(F)(F)F)c(/C=C/c2nc(-c3ccc(C(F)(F)F)cc3)no2)c1Cl. The van der Waals surface area contributed by atoms with Crippen molar-refractivity contribution in [3.05, 3.63) is 52.1 Å². The maximum atomic E-state index is 13.0. The van der Waals surface area contributed by atoms with Crippen molar-refractivity contribution in [1.29, 1.82) is 0 Å². The summed E-state index contributed by atoms with van der Waals surface area (Å²) in [6.45, 7) is 0. The van der Waals surface area contributed by atoms with Gasteiger partial charge in [-0.25, -0.2) is 0 Å². The Balaban J connectivity index is 1.86. The first-order valence-corrected chi connectivity index (χ1v) is 7.83. The van der Waals surface area contributed by atoms with E-state index in [1.807, 2.05) is 0 Å². The lowest BCUT2D eigenvalue weighted by Crippen LogP contribution is -2.08. The summed E-state index contributed by atoms with van der Waals surface area (Å²) < 4.78 is 82.5. The van der Waals surface area contributed by atoms with Crippen LogP contribution in [0.4, 0.5) is 26.3 Å². The molecule has 0 bridgehead atoms. The van der Waals surface area contributed by atoms with Crippen LogP contribution in [0.25, 0.3) is 23.5 Å². The monoisotopic (exact) mass is 422 g/mol. The average molecular weight is 423 g/mol. The number of nitrogens with zero attached hydrogens (tertiary/aromatic N) is 4. The van der Waals surface area contributed by atoms with Crippen LogP contribution in [0.15, 0.2) is 28.8 Å². The molecule has 2 heterocycles. The van der Waals surface area contributed by atoms with Gasteiger partial charge >= 0.3 is 12.4 Å². The fourth-order valence-corrected chi connectivity index (χ4v) is 2.45. The zero-order chi connectivity index (χ0) is 20.7. The van der Waals surface area contributed by atoms with Crippen molar-refractivity contribution in [1.82, 2.24) is 19.9 Å². The third kappa shape index (κ3) is 4.03. The second kappa shape index (κ2) is 6.97. The van der Waals surface area contributed by atoms with E-state index in [4.69, 9.17) is 16.1 Å². The Morgan fingerprint density at radius 1 is 1.00 bits per heavy atom. The van der Waals surface area contributed by atoms with Gasteiger partial charge in [0.2, 0.25) is 5.82 Å². The summed E-state index contributed by atoms with van der Waals surface area (Å²) in [7, 11) is 1.25. The van der Waals surface area contributed by atoms with Gasteiger partial charge in [-0.1, -0.05) is 28.9 Å². The number of aromatic nitrogens is 4. The molecule has 12 heteroatoms. The Morgan fingerprint density at radius 2 is 1.64 bits per heavy atom. The Bertz CT molecular complexity index is 1020. The van der Waals surface area contributed by atoms with Crippen LogP contribution in [-0.2, 0) is 19.4 Å². The van der Waals surface area contributed by atoms with Gasteiger partial charge in [0.05, 0.1) is 5.56 Å². The predicted octanol–water partition coefficient (Wildman–Crippen LogP) is 5.33. The summed E-state index contributed by atoms with van der Waals surface area (Å²) in [6, 6.07) is 4.01. The van der Waals surface area contributed by atoms with Crippen molar-refractivity contribution in [3.8, 4) is 11.4 Å². The summed E-state index contributed by atoms with van der Waals surface area (Å²) in [5.74, 6) is -0.190. The molecule has 0 saturated carbocycles. The third-order valence-corrected chi connectivity index (χ3v) is 4.03. The molecule has 0 radical (unpaired) electrons. The Labute approximate surface area is 158 Å². The molecular formula is C16H9ClF6N4O. The molecule has 28 heavy (non-hydrogen) atoms. The summed E-state index contributed by atoms with van der Waals surface area (Å²) in [5.41, 5.74) is -2.16. The van der Waals surface area contributed by atoms with E-state index in [0.29, 0.717) is 0 Å². The first-order chi connectivity index (χ1) is 13.0. The maximum absolute atomic E-state index is 13.0. The lowest BCUT2D eigenvalue weighted by atomic mass is 10.1. The van der Waals surface area contributed by atoms with Crippen molar-refractivity contribution < 1.29 is 30.9 Å². The average Bonchev–Trinajstić information content (AvgIpc) is 3.18. The van der Waals surface area contributed by atoms with Crippen LogP contribution in [0.2, 0.25) is 5.15 Å². The van der Waals surface area contributed by atoms with E-state index >= 15 is 0 Å². The molecule has 0 atom stereocenters. The van der Waals surface area contributed by atoms with Crippen molar-refractivity contribution >= 4 is 23.8 Å². The fraction of sp³-hybridized carbons (Fsp3) is 0.188. The van der Waals surface area contributed by atoms with Crippen LogP contribution >= 0.6 is 11.6 Å². The molecule has 148 valence electrons. The molecule has 0 aliphatic carbocycles. The van der Waals surface area contributed by atoms with Crippen molar-refractivity contribution in [2.75, 3.05) is 0 Å². The lowest BCUT2D eigenvalue weighted by Gasteiger charge is -2.05. The number of aryl methyl sites for hydroxylation is 1. The van der Waals surface area contributed by atoms with E-state index in [1.165, 1.54) is 7.05 Å². The van der Waals surface area contributed by atoms with Crippen molar-refractivity contribution in [2.24, 2.45) is 7.05 Å². The minimum absolute atomic E-state index is 0.0262. The Hall–Kier alpha value is -2.82. The number of hydrogen-bond donors (Lipinski definition) is 0. The molecule has 0 aliphatic heterocycles. The number of hydrogen-bond acceptors (Lipinski definition) is 4. The number of rotatable bonds is 3. The molecule has 2 aromatic heterocycles. The van der Waals surface area contributed by atoms with E-state index in [-0.39, 0.29) is 28.0 Å². The van der Waals surface area contributed by atoms with Gasteiger partial charge in [0.25, 0.3) is 5.89 Å². The molecule has 0 amide bonds. The van der Waals surface area contributed by atoms with E-state index in [2.05, 4.69) is 15.2 Å². The quantitative estimate of drug-likeness (QED) is 0.535. The summed E-state index contributed by atoms with van der Waals surface area (Å²) in [6.07, 6.45) is -7.09. The zero-order valence-corrected chi connectivity index (χ0v) is 14.6. The summed E-state index contributed by atoms with van der Waals surface area (Å²) in [5, 5.41) is 6.67. The van der Waals surface area contributed by atoms with E-state index in [0.717, 1.165) is 41.1 Å². The largest absolute Gasteiger partial charge is 0.435 e. The molecular weight excluding hydrogens is 414 g/mol. The molecule has 3 rings (SSSR count). The van der Waals surface area contributed by atoms with E-state index in [9.17, 15) is 26.3 Å². The fourth-order valence-electron chi connectivity index (χ4n) is 2.26. The van der Waals surface area contributed by atoms with E-state index < -0.39 is 23.6 Å². The van der Waals surface area contributed by atoms with Crippen LogP contribution in [0.5, 0.6) is 0 Å². The van der Waals surface area contributed by atoms with Crippen molar-refractivity contribution in [2.45, 2.75) is 12.4 Å². The number of halogens is 7. The third-order valence-electron chi connectivity index (χ3n) is 3.58. The highest BCUT2D eigenvalue weighted by molar-refractivity contribution is 6.31. The topological polar surface area (TPSA) is 56.7 Å². The normalized spacial score (nSPS) is 12.9. The molecule has 1 aromatic carbocycles. The lowest BCUT2D eigenvalue weighted by molar-refractivity contribution is -0.141. The molecule has 0 N–H and O–H groups in total. The molecule has 0 aliphatic rings. The first-order valence-electron chi connectivity index (χ1n) is 7.46. The summed E-state index contributed by atoms with van der Waals surface area (Å²) in [4.78, 5) is 3.92. The zero-order valence-electron chi connectivity index (χ0n) is 13.8. The Morgan fingerprint density at radius 3 is 2.21 bits per heavy atom. The second-order valence-corrected chi connectivity index (χ2v) is 5.90. The molecule has 0 spiro atoms. The molecule has 0 saturated heterocycles. The summed E-state index contributed by atoms with van der Waals surface area (Å²) >= 11 is 5.83. The molecule has 5 nitrogen and oxygen atoms in total. The van der Waals surface area contributed by atoms with Crippen LogP contribution in [-0.4, -0.2) is 19.9 Å². The van der Waals surface area contributed by atoms with Gasteiger partial charge in [-0.3, -0.25) is 4.68 Å². The highest BCUT2D eigenvalue weighted by atomic mass is 35.5. The van der Waals surface area contributed by atoms with Crippen LogP contribution in [0.1, 0.15) is 22.7 Å². The van der Waals surface area contributed by atoms with Gasteiger partial charge in [-0.05, 0) is 18.2 Å². The van der Waals surface area contributed by atoms with Crippen LogP contribution in [0.3, 0.4) is 0 Å². The smallest absolute Gasteiger partial charge is 0.334 e. The standard InChI is InChI=1S/C16H9ClF6N4O/c1-27-13(17)10(12(25-27)16(21,22)23)6-7-11-24-14(26-28-11)8-2-4-9(5-3-8)15(18,19)20/h2-7H,1H3/b7-6+. The number of alkyl halides is 6. The highest BCUT2D eigenvalue weighted by Gasteiger charge is 2.38. The van der Waals surface area contributed by atoms with Crippen LogP contribution < -0.4 is 0 Å². The van der Waals surface area contributed by atoms with Gasteiger partial charge in [0, 0.05) is 24.3 Å². The highest BCUT2D eigenvalue weighted by Crippen LogP contribution is 2.35. The van der Waals surface area contributed by atoms with Gasteiger partial charge < -0.3 is 4.52 Å².